The fourth-order valence-electron chi connectivity index (χ4n) is 3.02. The molecule has 1 atom stereocenters. The summed E-state index contributed by atoms with van der Waals surface area (Å²) in [6, 6.07) is 11.3. The lowest BCUT2D eigenvalue weighted by Crippen LogP contribution is -2.22. The maximum absolute atomic E-state index is 12.4. The van der Waals surface area contributed by atoms with E-state index in [-0.39, 0.29) is 18.0 Å². The molecule has 0 saturated carbocycles. The van der Waals surface area contributed by atoms with Crippen LogP contribution in [-0.4, -0.2) is 24.2 Å². The van der Waals surface area contributed by atoms with Gasteiger partial charge in [-0.2, -0.15) is 8.78 Å². The molecule has 138 valence electrons. The average molecular weight is 363 g/mol. The Morgan fingerprint density at radius 2 is 1.96 bits per heavy atom. The second-order valence-corrected chi connectivity index (χ2v) is 5.94. The summed E-state index contributed by atoms with van der Waals surface area (Å²) in [6.07, 6.45) is 1.81. The lowest BCUT2D eigenvalue weighted by Gasteiger charge is -2.23. The second-order valence-electron chi connectivity index (χ2n) is 5.94. The van der Waals surface area contributed by atoms with Crippen molar-refractivity contribution in [1.29, 1.82) is 0 Å². The molecule has 0 aromatic heterocycles. The molecule has 0 spiro atoms. The summed E-state index contributed by atoms with van der Waals surface area (Å²) in [5, 5.41) is 12.6. The van der Waals surface area contributed by atoms with Crippen molar-refractivity contribution in [2.75, 3.05) is 11.9 Å². The van der Waals surface area contributed by atoms with Gasteiger partial charge < -0.3 is 19.9 Å². The molecule has 2 aromatic carbocycles. The molecule has 1 amide bonds. The van der Waals surface area contributed by atoms with E-state index in [1.54, 1.807) is 18.2 Å². The number of hydrogen-bond acceptors (Lipinski definition) is 4. The van der Waals surface area contributed by atoms with Crippen molar-refractivity contribution in [3.8, 4) is 11.5 Å². The number of alkyl halides is 2. The van der Waals surface area contributed by atoms with Crippen LogP contribution in [0.15, 0.2) is 42.5 Å². The van der Waals surface area contributed by atoms with Crippen LogP contribution in [0.25, 0.3) is 0 Å². The summed E-state index contributed by atoms with van der Waals surface area (Å²) >= 11 is 0. The third kappa shape index (κ3) is 4.29. The Morgan fingerprint density at radius 1 is 1.19 bits per heavy atom. The standard InChI is InChI=1S/C19H19F2NO4/c20-19(21)26-17-9-2-1-7-14(17)22-18(24)11-25-16-10-4-5-12-13(16)6-3-8-15(12)23/h1-2,4-5,7,9-10,15,19,23H,3,6,8,11H2,(H,22,24)/t15-/m1/s1. The van der Waals surface area contributed by atoms with Gasteiger partial charge in [0, 0.05) is 0 Å². The number of hydrogen-bond donors (Lipinski definition) is 2. The molecule has 5 nitrogen and oxygen atoms in total. The molecule has 0 radical (unpaired) electrons. The van der Waals surface area contributed by atoms with E-state index in [2.05, 4.69) is 10.1 Å². The lowest BCUT2D eigenvalue weighted by atomic mass is 9.89. The minimum Gasteiger partial charge on any atom is -0.483 e. The van der Waals surface area contributed by atoms with E-state index >= 15 is 0 Å². The zero-order valence-corrected chi connectivity index (χ0v) is 14.0. The number of para-hydroxylation sites is 2. The van der Waals surface area contributed by atoms with Gasteiger partial charge in [-0.1, -0.05) is 24.3 Å². The van der Waals surface area contributed by atoms with Crippen LogP contribution in [0.4, 0.5) is 14.5 Å². The fraction of sp³-hybridized carbons (Fsp3) is 0.316. The molecule has 26 heavy (non-hydrogen) atoms. The van der Waals surface area contributed by atoms with Gasteiger partial charge in [-0.15, -0.1) is 0 Å². The van der Waals surface area contributed by atoms with Gasteiger partial charge in [0.25, 0.3) is 5.91 Å². The molecule has 1 aliphatic rings. The molecule has 0 fully saturated rings. The van der Waals surface area contributed by atoms with E-state index < -0.39 is 18.6 Å². The minimum absolute atomic E-state index is 0.115. The Hall–Kier alpha value is -2.67. The number of nitrogens with one attached hydrogen (secondary N) is 1. The summed E-state index contributed by atoms with van der Waals surface area (Å²) in [7, 11) is 0. The molecule has 3 rings (SSSR count). The van der Waals surface area contributed by atoms with Crippen LogP contribution in [-0.2, 0) is 11.2 Å². The Morgan fingerprint density at radius 3 is 2.77 bits per heavy atom. The van der Waals surface area contributed by atoms with Gasteiger partial charge in [-0.05, 0) is 48.6 Å². The maximum Gasteiger partial charge on any atom is 0.387 e. The second kappa shape index (κ2) is 8.14. The smallest absolute Gasteiger partial charge is 0.387 e. The molecule has 0 bridgehead atoms. The summed E-state index contributed by atoms with van der Waals surface area (Å²) < 4.78 is 34.8. The van der Waals surface area contributed by atoms with Gasteiger partial charge in [-0.25, -0.2) is 0 Å². The highest BCUT2D eigenvalue weighted by molar-refractivity contribution is 5.93. The third-order valence-corrected chi connectivity index (χ3v) is 4.17. The number of anilines is 1. The predicted octanol–water partition coefficient (Wildman–Crippen LogP) is 3.68. The first kappa shape index (κ1) is 18.1. The van der Waals surface area contributed by atoms with Crippen molar-refractivity contribution < 1.29 is 28.2 Å². The van der Waals surface area contributed by atoms with Crippen LogP contribution >= 0.6 is 0 Å². The Bertz CT molecular complexity index is 782. The SMILES string of the molecule is O=C(COc1cccc2c1CCC[C@H]2O)Nc1ccccc1OC(F)F. The van der Waals surface area contributed by atoms with Gasteiger partial charge in [0.2, 0.25) is 0 Å². The predicted molar refractivity (Wildman–Crippen MR) is 91.5 cm³/mol. The number of amides is 1. The summed E-state index contributed by atoms with van der Waals surface area (Å²) in [5.74, 6) is -0.0612. The summed E-state index contributed by atoms with van der Waals surface area (Å²) in [5.41, 5.74) is 1.87. The molecule has 2 N–H and O–H groups in total. The van der Waals surface area contributed by atoms with E-state index in [0.29, 0.717) is 12.2 Å². The van der Waals surface area contributed by atoms with Crippen molar-refractivity contribution in [3.63, 3.8) is 0 Å². The minimum atomic E-state index is -2.98. The van der Waals surface area contributed by atoms with E-state index in [1.807, 2.05) is 6.07 Å². The molecule has 7 heteroatoms. The van der Waals surface area contributed by atoms with Crippen LogP contribution in [0.1, 0.15) is 30.1 Å². The van der Waals surface area contributed by atoms with Crippen LogP contribution in [0.3, 0.4) is 0 Å². The number of benzene rings is 2. The zero-order valence-electron chi connectivity index (χ0n) is 14.0. The first-order valence-electron chi connectivity index (χ1n) is 8.31. The molecule has 0 heterocycles. The summed E-state index contributed by atoms with van der Waals surface area (Å²) in [4.78, 5) is 12.1. The maximum atomic E-state index is 12.4. The van der Waals surface area contributed by atoms with Crippen LogP contribution in [0.5, 0.6) is 11.5 Å². The number of halogens is 2. The monoisotopic (exact) mass is 363 g/mol. The summed E-state index contributed by atoms with van der Waals surface area (Å²) in [6.45, 7) is -3.26. The zero-order chi connectivity index (χ0) is 18.5. The quantitative estimate of drug-likeness (QED) is 0.822. The van der Waals surface area contributed by atoms with Crippen LogP contribution in [0, 0.1) is 0 Å². The van der Waals surface area contributed by atoms with Crippen molar-refractivity contribution >= 4 is 11.6 Å². The highest BCUT2D eigenvalue weighted by Crippen LogP contribution is 2.35. The van der Waals surface area contributed by atoms with Crippen molar-refractivity contribution in [2.24, 2.45) is 0 Å². The van der Waals surface area contributed by atoms with Crippen molar-refractivity contribution in [1.82, 2.24) is 0 Å². The molecular formula is C19H19F2NO4. The van der Waals surface area contributed by atoms with E-state index in [0.717, 1.165) is 24.0 Å². The number of carbonyl (C=O) groups is 1. The molecule has 1 aliphatic carbocycles. The van der Waals surface area contributed by atoms with E-state index in [1.165, 1.54) is 18.2 Å². The van der Waals surface area contributed by atoms with Crippen LogP contribution < -0.4 is 14.8 Å². The normalized spacial score (nSPS) is 16.1. The number of aliphatic hydroxyl groups excluding tert-OH is 1. The molecule has 0 aliphatic heterocycles. The molecule has 2 aromatic rings. The Kier molecular flexibility index (Phi) is 5.68. The van der Waals surface area contributed by atoms with E-state index in [9.17, 15) is 18.7 Å². The molecule has 0 saturated heterocycles. The van der Waals surface area contributed by atoms with Gasteiger partial charge >= 0.3 is 6.61 Å². The van der Waals surface area contributed by atoms with E-state index in [4.69, 9.17) is 4.74 Å². The third-order valence-electron chi connectivity index (χ3n) is 4.17. The largest absolute Gasteiger partial charge is 0.483 e. The van der Waals surface area contributed by atoms with Gasteiger partial charge in [0.15, 0.2) is 6.61 Å². The first-order chi connectivity index (χ1) is 12.5. The van der Waals surface area contributed by atoms with Gasteiger partial charge in [0.1, 0.15) is 11.5 Å². The number of ether oxygens (including phenoxy) is 2. The van der Waals surface area contributed by atoms with Gasteiger partial charge in [0.05, 0.1) is 11.8 Å². The average Bonchev–Trinajstić information content (AvgIpc) is 2.62. The lowest BCUT2D eigenvalue weighted by molar-refractivity contribution is -0.118. The topological polar surface area (TPSA) is 67.8 Å². The first-order valence-corrected chi connectivity index (χ1v) is 8.31. The highest BCUT2D eigenvalue weighted by Gasteiger charge is 2.21. The molecular weight excluding hydrogens is 344 g/mol. The Labute approximate surface area is 149 Å². The van der Waals surface area contributed by atoms with Crippen LogP contribution in [0.2, 0.25) is 0 Å². The number of fused-ring (bicyclic) bond motifs is 1. The highest BCUT2D eigenvalue weighted by atomic mass is 19.3. The Balaban J connectivity index is 1.65. The number of carbonyl (C=O) groups excluding carboxylic acids is 1. The van der Waals surface area contributed by atoms with Gasteiger partial charge in [-0.3, -0.25) is 4.79 Å². The van der Waals surface area contributed by atoms with Crippen molar-refractivity contribution in [3.05, 3.63) is 53.6 Å². The molecule has 0 unspecified atom stereocenters. The van der Waals surface area contributed by atoms with Crippen molar-refractivity contribution in [2.45, 2.75) is 32.0 Å². The number of rotatable bonds is 6. The number of aliphatic hydroxyl groups is 1. The fourth-order valence-corrected chi connectivity index (χ4v) is 3.02.